The number of halogens is 1. The molecule has 0 fully saturated rings. The van der Waals surface area contributed by atoms with Crippen molar-refractivity contribution in [3.05, 3.63) is 96.2 Å². The number of benzene rings is 2. The molecule has 3 aromatic rings. The molecule has 1 aromatic heterocycles. The van der Waals surface area contributed by atoms with E-state index in [4.69, 9.17) is 4.74 Å². The molecule has 1 aliphatic rings. The van der Waals surface area contributed by atoms with Crippen LogP contribution in [-0.4, -0.2) is 39.5 Å². The molecule has 7 nitrogen and oxygen atoms in total. The Morgan fingerprint density at radius 2 is 1.91 bits per heavy atom. The number of rotatable bonds is 6. The van der Waals surface area contributed by atoms with Gasteiger partial charge in [0.05, 0.1) is 42.3 Å². The highest BCUT2D eigenvalue weighted by Crippen LogP contribution is 2.34. The summed E-state index contributed by atoms with van der Waals surface area (Å²) < 4.78 is 20.9. The Morgan fingerprint density at radius 3 is 2.55 bits per heavy atom. The van der Waals surface area contributed by atoms with E-state index in [0.717, 1.165) is 22.6 Å². The number of hydrogen-bond donors (Lipinski definition) is 1. The molecule has 1 N–H and O–H groups in total. The first kappa shape index (κ1) is 22.1. The lowest BCUT2D eigenvalue weighted by atomic mass is 10.1. The fourth-order valence-electron chi connectivity index (χ4n) is 3.81. The van der Waals surface area contributed by atoms with Crippen molar-refractivity contribution in [3.63, 3.8) is 0 Å². The van der Waals surface area contributed by atoms with E-state index in [2.05, 4.69) is 16.9 Å². The van der Waals surface area contributed by atoms with Crippen LogP contribution in [0.1, 0.15) is 24.2 Å². The number of carbonyl (C=O) groups is 1. The quantitative estimate of drug-likeness (QED) is 0.563. The predicted molar refractivity (Wildman–Crippen MR) is 126 cm³/mol. The second-order valence-electron chi connectivity index (χ2n) is 7.91. The van der Waals surface area contributed by atoms with Crippen LogP contribution in [0.3, 0.4) is 0 Å². The first-order valence-corrected chi connectivity index (χ1v) is 10.5. The van der Waals surface area contributed by atoms with Gasteiger partial charge in [0.1, 0.15) is 11.6 Å². The van der Waals surface area contributed by atoms with Gasteiger partial charge in [-0.1, -0.05) is 18.7 Å². The van der Waals surface area contributed by atoms with Crippen molar-refractivity contribution in [1.82, 2.24) is 19.4 Å². The van der Waals surface area contributed by atoms with Crippen molar-refractivity contribution in [2.45, 2.75) is 19.9 Å². The molecule has 1 unspecified atom stereocenters. The highest BCUT2D eigenvalue weighted by atomic mass is 19.1. The first-order chi connectivity index (χ1) is 15.8. The minimum Gasteiger partial charge on any atom is -0.494 e. The van der Waals surface area contributed by atoms with Gasteiger partial charge in [-0.3, -0.25) is 4.90 Å². The van der Waals surface area contributed by atoms with Gasteiger partial charge in [-0.25, -0.2) is 14.2 Å². The van der Waals surface area contributed by atoms with Crippen LogP contribution in [0.15, 0.2) is 79.2 Å². The van der Waals surface area contributed by atoms with Crippen LogP contribution in [0.5, 0.6) is 5.75 Å². The lowest BCUT2D eigenvalue weighted by Crippen LogP contribution is -2.44. The normalized spacial score (nSPS) is 14.9. The van der Waals surface area contributed by atoms with Crippen molar-refractivity contribution in [3.8, 4) is 11.4 Å². The van der Waals surface area contributed by atoms with Gasteiger partial charge in [-0.15, -0.1) is 0 Å². The zero-order chi connectivity index (χ0) is 23.7. The summed E-state index contributed by atoms with van der Waals surface area (Å²) in [6, 6.07) is 11.3. The predicted octanol–water partition coefficient (Wildman–Crippen LogP) is 5.22. The molecule has 0 saturated carbocycles. The Balaban J connectivity index is 1.61. The number of nitrogens with one attached hydrogen (secondary N) is 1. The number of nitrogens with zero attached hydrogens (tertiary/aromatic N) is 4. The zero-order valence-corrected chi connectivity index (χ0v) is 19.0. The number of hydrogen-bond acceptors (Lipinski definition) is 4. The largest absolute Gasteiger partial charge is 0.494 e. The van der Waals surface area contributed by atoms with Crippen LogP contribution in [0.2, 0.25) is 0 Å². The molecule has 0 spiro atoms. The van der Waals surface area contributed by atoms with Gasteiger partial charge >= 0.3 is 6.03 Å². The van der Waals surface area contributed by atoms with E-state index >= 15 is 0 Å². The fraction of sp³-hybridized carbons (Fsp3) is 0.200. The number of methoxy groups -OCH3 is 1. The smallest absolute Gasteiger partial charge is 0.328 e. The van der Waals surface area contributed by atoms with Gasteiger partial charge in [-0.2, -0.15) is 0 Å². The van der Waals surface area contributed by atoms with Crippen LogP contribution in [0, 0.1) is 12.7 Å². The van der Waals surface area contributed by atoms with E-state index in [1.165, 1.54) is 17.0 Å². The van der Waals surface area contributed by atoms with E-state index in [1.54, 1.807) is 43.7 Å². The molecular weight excluding hydrogens is 421 g/mol. The highest BCUT2D eigenvalue weighted by Gasteiger charge is 2.32. The number of aromatic nitrogens is 2. The van der Waals surface area contributed by atoms with Gasteiger partial charge in [0.2, 0.25) is 0 Å². The summed E-state index contributed by atoms with van der Waals surface area (Å²) in [4.78, 5) is 20.3. The van der Waals surface area contributed by atoms with Crippen LogP contribution >= 0.6 is 0 Å². The van der Waals surface area contributed by atoms with E-state index in [9.17, 15) is 9.18 Å². The van der Waals surface area contributed by atoms with E-state index < -0.39 is 0 Å². The lowest BCUT2D eigenvalue weighted by molar-refractivity contribution is 0.172. The number of imidazole rings is 1. The number of amides is 2. The average molecular weight is 448 g/mol. The van der Waals surface area contributed by atoms with E-state index in [-0.39, 0.29) is 17.9 Å². The summed E-state index contributed by atoms with van der Waals surface area (Å²) in [5.41, 5.74) is 4.53. The maximum atomic E-state index is 13.4. The van der Waals surface area contributed by atoms with E-state index in [0.29, 0.717) is 17.1 Å². The van der Waals surface area contributed by atoms with Gasteiger partial charge in [0, 0.05) is 31.2 Å². The summed E-state index contributed by atoms with van der Waals surface area (Å²) >= 11 is 0. The second-order valence-corrected chi connectivity index (χ2v) is 7.91. The molecule has 33 heavy (non-hydrogen) atoms. The van der Waals surface area contributed by atoms with E-state index in [1.807, 2.05) is 42.8 Å². The minimum absolute atomic E-state index is 0.217. The third kappa shape index (κ3) is 4.32. The third-order valence-corrected chi connectivity index (χ3v) is 5.62. The van der Waals surface area contributed by atoms with Gasteiger partial charge < -0.3 is 19.5 Å². The monoisotopic (exact) mass is 447 g/mol. The molecule has 0 saturated heterocycles. The van der Waals surface area contributed by atoms with Crippen molar-refractivity contribution >= 4 is 11.7 Å². The Kier molecular flexibility index (Phi) is 5.91. The van der Waals surface area contributed by atoms with Gasteiger partial charge in [-0.05, 0) is 43.7 Å². The van der Waals surface area contributed by atoms with Crippen molar-refractivity contribution in [1.29, 1.82) is 0 Å². The van der Waals surface area contributed by atoms with Crippen molar-refractivity contribution in [2.75, 3.05) is 19.5 Å². The zero-order valence-electron chi connectivity index (χ0n) is 19.0. The van der Waals surface area contributed by atoms with Crippen LogP contribution in [-0.2, 0) is 0 Å². The fourth-order valence-corrected chi connectivity index (χ4v) is 3.81. The van der Waals surface area contributed by atoms with Crippen LogP contribution < -0.4 is 10.1 Å². The lowest BCUT2D eigenvalue weighted by Gasteiger charge is -2.38. The Labute approximate surface area is 192 Å². The topological polar surface area (TPSA) is 62.6 Å². The number of anilines is 1. The summed E-state index contributed by atoms with van der Waals surface area (Å²) in [6.45, 7) is 7.98. The molecule has 2 aromatic carbocycles. The Bertz CT molecular complexity index is 1230. The molecule has 1 aliphatic heterocycles. The molecule has 170 valence electrons. The standard InChI is InChI=1S/C25H26FN5O2/c1-16-13-30(15-27-16)23-11-10-21(12-24(23)33-5)28-22-14-29(4)25(32)31(18(22)3)17(2)19-6-8-20(26)9-7-19/h6-15,17,28H,3H2,1-2,4-5H3. The number of ether oxygens (including phenoxy) is 1. The van der Waals surface area contributed by atoms with Gasteiger partial charge in [0.25, 0.3) is 0 Å². The molecule has 0 bridgehead atoms. The Morgan fingerprint density at radius 1 is 1.18 bits per heavy atom. The summed E-state index contributed by atoms with van der Waals surface area (Å²) in [7, 11) is 3.30. The summed E-state index contributed by atoms with van der Waals surface area (Å²) in [5.74, 6) is 0.345. The molecule has 1 atom stereocenters. The summed E-state index contributed by atoms with van der Waals surface area (Å²) in [5, 5.41) is 3.35. The van der Waals surface area contributed by atoms with Crippen molar-refractivity contribution < 1.29 is 13.9 Å². The minimum atomic E-state index is -0.333. The highest BCUT2D eigenvalue weighted by molar-refractivity contribution is 5.81. The van der Waals surface area contributed by atoms with Crippen LogP contribution in [0.4, 0.5) is 14.9 Å². The maximum absolute atomic E-state index is 13.4. The second kappa shape index (κ2) is 8.82. The molecule has 4 rings (SSSR count). The molecule has 8 heteroatoms. The Hall–Kier alpha value is -4.07. The molecule has 0 radical (unpaired) electrons. The average Bonchev–Trinajstić information content (AvgIpc) is 3.23. The first-order valence-electron chi connectivity index (χ1n) is 10.5. The maximum Gasteiger partial charge on any atom is 0.328 e. The number of carbonyl (C=O) groups excluding carboxylic acids is 1. The van der Waals surface area contributed by atoms with Crippen molar-refractivity contribution in [2.24, 2.45) is 0 Å². The molecule has 0 aliphatic carbocycles. The summed E-state index contributed by atoms with van der Waals surface area (Å²) in [6.07, 6.45) is 5.37. The third-order valence-electron chi connectivity index (χ3n) is 5.62. The molecular formula is C25H26FN5O2. The molecule has 2 amide bonds. The van der Waals surface area contributed by atoms with Crippen LogP contribution in [0.25, 0.3) is 5.69 Å². The molecule has 2 heterocycles. The number of aryl methyl sites for hydroxylation is 1. The van der Waals surface area contributed by atoms with Gasteiger partial charge in [0.15, 0.2) is 0 Å². The SMILES string of the molecule is C=C1C(Nc2ccc(-n3cnc(C)c3)c(OC)c2)=CN(C)C(=O)N1C(C)c1ccc(F)cc1. The number of urea groups is 1.